The molecule has 6 rings (SSSR count). The number of benzene rings is 1. The third-order valence-electron chi connectivity index (χ3n) is 7.87. The van der Waals surface area contributed by atoms with Crippen molar-refractivity contribution in [3.05, 3.63) is 29.8 Å². The highest BCUT2D eigenvalue weighted by atomic mass is 16.5. The lowest BCUT2D eigenvalue weighted by atomic mass is 9.48. The molecule has 0 spiro atoms. The quantitative estimate of drug-likeness (QED) is 0.775. The van der Waals surface area contributed by atoms with Gasteiger partial charge in [-0.1, -0.05) is 12.1 Å². The van der Waals surface area contributed by atoms with Gasteiger partial charge >= 0.3 is 6.03 Å². The lowest BCUT2D eigenvalue weighted by Crippen LogP contribution is -2.53. The standard InChI is InChI=1S/C23H28N2O4/c1-22(17-3-5-18(29-2)6-4-17)20(27)25(21(28)24-22)13-19(26)23-10-14-7-15(11-23)9-16(8-14)12-23/h3-6,14-16H,7-13H2,1-2H3,(H,24,28). The Balaban J connectivity index is 1.36. The summed E-state index contributed by atoms with van der Waals surface area (Å²) in [6.07, 6.45) is 6.59. The molecule has 4 saturated carbocycles. The van der Waals surface area contributed by atoms with Crippen molar-refractivity contribution in [2.24, 2.45) is 23.2 Å². The van der Waals surface area contributed by atoms with Crippen molar-refractivity contribution >= 4 is 17.7 Å². The minimum atomic E-state index is -1.16. The van der Waals surface area contributed by atoms with Crippen LogP contribution in [0.25, 0.3) is 0 Å². The second-order valence-electron chi connectivity index (χ2n) is 9.80. The van der Waals surface area contributed by atoms with Gasteiger partial charge < -0.3 is 10.1 Å². The summed E-state index contributed by atoms with van der Waals surface area (Å²) in [4.78, 5) is 40.4. The van der Waals surface area contributed by atoms with Gasteiger partial charge in [0.25, 0.3) is 5.91 Å². The van der Waals surface area contributed by atoms with Crippen LogP contribution in [0.3, 0.4) is 0 Å². The molecule has 6 nitrogen and oxygen atoms in total. The van der Waals surface area contributed by atoms with Crippen LogP contribution >= 0.6 is 0 Å². The van der Waals surface area contributed by atoms with Crippen molar-refractivity contribution in [3.63, 3.8) is 0 Å². The Morgan fingerprint density at radius 2 is 1.62 bits per heavy atom. The van der Waals surface area contributed by atoms with E-state index < -0.39 is 11.6 Å². The Labute approximate surface area is 171 Å². The Bertz CT molecular complexity index is 842. The van der Waals surface area contributed by atoms with Gasteiger partial charge in [0.15, 0.2) is 5.78 Å². The number of nitrogens with zero attached hydrogens (tertiary/aromatic N) is 1. The minimum Gasteiger partial charge on any atom is -0.497 e. The number of rotatable bonds is 5. The van der Waals surface area contributed by atoms with Gasteiger partial charge in [-0.05, 0) is 80.9 Å². The summed E-state index contributed by atoms with van der Waals surface area (Å²) in [5.41, 5.74) is -0.791. The smallest absolute Gasteiger partial charge is 0.325 e. The second kappa shape index (κ2) is 6.31. The highest BCUT2D eigenvalue weighted by Crippen LogP contribution is 2.60. The molecule has 1 N–H and O–H groups in total. The summed E-state index contributed by atoms with van der Waals surface area (Å²) in [5, 5.41) is 2.81. The van der Waals surface area contributed by atoms with Crippen LogP contribution in [0.2, 0.25) is 0 Å². The van der Waals surface area contributed by atoms with Crippen molar-refractivity contribution in [2.45, 2.75) is 51.0 Å². The number of ether oxygens (including phenoxy) is 1. The first-order chi connectivity index (χ1) is 13.8. The molecular formula is C23H28N2O4. The van der Waals surface area contributed by atoms with Gasteiger partial charge in [0.1, 0.15) is 11.3 Å². The molecule has 1 saturated heterocycles. The van der Waals surface area contributed by atoms with Crippen LogP contribution in [-0.4, -0.2) is 36.3 Å². The van der Waals surface area contributed by atoms with Gasteiger partial charge in [-0.2, -0.15) is 0 Å². The van der Waals surface area contributed by atoms with Crippen molar-refractivity contribution in [1.29, 1.82) is 0 Å². The number of ketones is 1. The van der Waals surface area contributed by atoms with Gasteiger partial charge in [0.2, 0.25) is 0 Å². The second-order valence-corrected chi connectivity index (χ2v) is 9.80. The number of nitrogens with one attached hydrogen (secondary N) is 1. The van der Waals surface area contributed by atoms with E-state index in [2.05, 4.69) is 5.32 Å². The van der Waals surface area contributed by atoms with E-state index in [9.17, 15) is 14.4 Å². The van der Waals surface area contributed by atoms with Crippen molar-refractivity contribution in [1.82, 2.24) is 10.2 Å². The van der Waals surface area contributed by atoms with Gasteiger partial charge in [-0.15, -0.1) is 0 Å². The molecule has 1 atom stereocenters. The molecule has 4 aliphatic carbocycles. The predicted octanol–water partition coefficient (Wildman–Crippen LogP) is 3.25. The van der Waals surface area contributed by atoms with Crippen LogP contribution in [0.15, 0.2) is 24.3 Å². The number of imide groups is 1. The summed E-state index contributed by atoms with van der Waals surface area (Å²) >= 11 is 0. The topological polar surface area (TPSA) is 75.7 Å². The Hall–Kier alpha value is -2.37. The molecule has 1 heterocycles. The number of hydrogen-bond donors (Lipinski definition) is 1. The summed E-state index contributed by atoms with van der Waals surface area (Å²) < 4.78 is 5.18. The number of methoxy groups -OCH3 is 1. The molecule has 4 bridgehead atoms. The Morgan fingerprint density at radius 3 is 2.14 bits per heavy atom. The molecule has 5 aliphatic rings. The molecule has 1 aromatic carbocycles. The van der Waals surface area contributed by atoms with Gasteiger partial charge in [-0.25, -0.2) is 4.79 Å². The van der Waals surface area contributed by atoms with Gasteiger partial charge in [0.05, 0.1) is 13.7 Å². The number of carbonyl (C=O) groups is 3. The summed E-state index contributed by atoms with van der Waals surface area (Å²) in [6.45, 7) is 1.59. The third kappa shape index (κ3) is 2.79. The SMILES string of the molecule is COc1ccc(C2(C)NC(=O)N(CC(=O)C34CC5CC(CC(C5)C3)C4)C2=O)cc1. The van der Waals surface area contributed by atoms with E-state index >= 15 is 0 Å². The highest BCUT2D eigenvalue weighted by molar-refractivity contribution is 6.09. The zero-order valence-corrected chi connectivity index (χ0v) is 17.1. The van der Waals surface area contributed by atoms with Crippen LogP contribution in [-0.2, 0) is 15.1 Å². The van der Waals surface area contributed by atoms with E-state index in [1.165, 1.54) is 19.3 Å². The van der Waals surface area contributed by atoms with Crippen molar-refractivity contribution < 1.29 is 19.1 Å². The number of urea groups is 1. The van der Waals surface area contributed by atoms with E-state index in [1.54, 1.807) is 38.3 Å². The van der Waals surface area contributed by atoms with Crippen LogP contribution in [0.1, 0.15) is 51.0 Å². The van der Waals surface area contributed by atoms with Crippen LogP contribution in [0.5, 0.6) is 5.75 Å². The lowest BCUT2D eigenvalue weighted by Gasteiger charge is -2.56. The molecule has 1 unspecified atom stereocenters. The number of Topliss-reactive ketones (excluding diaryl/α,β-unsaturated/α-hetero) is 1. The zero-order chi connectivity index (χ0) is 20.4. The Kier molecular flexibility index (Phi) is 4.06. The molecule has 1 aliphatic heterocycles. The summed E-state index contributed by atoms with van der Waals surface area (Å²) in [5.74, 6) is 2.36. The summed E-state index contributed by atoms with van der Waals surface area (Å²) in [6, 6.07) is 6.61. The van der Waals surface area contributed by atoms with Crippen LogP contribution in [0, 0.1) is 23.2 Å². The first-order valence-corrected chi connectivity index (χ1v) is 10.6. The predicted molar refractivity (Wildman–Crippen MR) is 106 cm³/mol. The average Bonchev–Trinajstić information content (AvgIpc) is 2.91. The fraction of sp³-hybridized carbons (Fsp3) is 0.609. The van der Waals surface area contributed by atoms with Gasteiger partial charge in [-0.3, -0.25) is 14.5 Å². The van der Waals surface area contributed by atoms with E-state index in [4.69, 9.17) is 4.74 Å². The first kappa shape index (κ1) is 18.6. The summed E-state index contributed by atoms with van der Waals surface area (Å²) in [7, 11) is 1.58. The largest absolute Gasteiger partial charge is 0.497 e. The zero-order valence-electron chi connectivity index (χ0n) is 17.1. The molecule has 3 amide bonds. The van der Waals surface area contributed by atoms with Crippen LogP contribution < -0.4 is 10.1 Å². The fourth-order valence-corrected chi connectivity index (χ4v) is 6.72. The maximum absolute atomic E-state index is 13.4. The van der Waals surface area contributed by atoms with E-state index in [0.29, 0.717) is 29.1 Å². The number of hydrogen-bond acceptors (Lipinski definition) is 4. The minimum absolute atomic E-state index is 0.0825. The molecule has 5 fully saturated rings. The van der Waals surface area contributed by atoms with Crippen molar-refractivity contribution in [2.75, 3.05) is 13.7 Å². The number of amides is 3. The molecule has 1 aromatic rings. The highest BCUT2D eigenvalue weighted by Gasteiger charge is 2.56. The lowest BCUT2D eigenvalue weighted by molar-refractivity contribution is -0.147. The normalized spacial score (nSPS) is 37.7. The fourth-order valence-electron chi connectivity index (χ4n) is 6.72. The molecule has 0 aromatic heterocycles. The third-order valence-corrected chi connectivity index (χ3v) is 7.87. The van der Waals surface area contributed by atoms with Gasteiger partial charge in [0, 0.05) is 5.41 Å². The molecular weight excluding hydrogens is 368 g/mol. The number of carbonyl (C=O) groups excluding carboxylic acids is 3. The van der Waals surface area contributed by atoms with E-state index in [-0.39, 0.29) is 23.7 Å². The molecule has 0 radical (unpaired) electrons. The monoisotopic (exact) mass is 396 g/mol. The average molecular weight is 396 g/mol. The van der Waals surface area contributed by atoms with E-state index in [0.717, 1.165) is 24.2 Å². The maximum Gasteiger partial charge on any atom is 0.325 e. The molecule has 6 heteroatoms. The van der Waals surface area contributed by atoms with Crippen LogP contribution in [0.4, 0.5) is 4.79 Å². The molecule has 154 valence electrons. The molecule has 29 heavy (non-hydrogen) atoms. The maximum atomic E-state index is 13.4. The van der Waals surface area contributed by atoms with E-state index in [1.807, 2.05) is 0 Å². The Morgan fingerprint density at radius 1 is 1.07 bits per heavy atom. The van der Waals surface area contributed by atoms with Crippen molar-refractivity contribution in [3.8, 4) is 5.75 Å². The first-order valence-electron chi connectivity index (χ1n) is 10.6.